The summed E-state index contributed by atoms with van der Waals surface area (Å²) in [6.45, 7) is 3.80. The highest BCUT2D eigenvalue weighted by Gasteiger charge is 2.25. The van der Waals surface area contributed by atoms with E-state index in [0.717, 1.165) is 42.2 Å². The number of hydrogen-bond donors (Lipinski definition) is 1. The molecule has 8 heteroatoms. The number of aromatic nitrogens is 1. The van der Waals surface area contributed by atoms with Gasteiger partial charge in [-0.05, 0) is 50.6 Å². The topological polar surface area (TPSA) is 45.2 Å². The number of nitrogens with one attached hydrogen (secondary N) is 1. The maximum Gasteiger partial charge on any atom is 0.265 e. The van der Waals surface area contributed by atoms with Crippen LogP contribution in [0.25, 0.3) is 0 Å². The second-order valence-electron chi connectivity index (χ2n) is 6.22. The summed E-state index contributed by atoms with van der Waals surface area (Å²) in [4.78, 5) is 19.9. The normalized spacial score (nSPS) is 14.3. The molecule has 0 unspecified atom stereocenters. The summed E-state index contributed by atoms with van der Waals surface area (Å²) >= 11 is 1.45. The van der Waals surface area contributed by atoms with Crippen molar-refractivity contribution in [1.82, 2.24) is 15.2 Å². The van der Waals surface area contributed by atoms with Gasteiger partial charge in [-0.1, -0.05) is 12.1 Å². The highest BCUT2D eigenvalue weighted by atomic mass is 35.5. The largest absolute Gasteiger partial charge is 0.338 e. The lowest BCUT2D eigenvalue weighted by molar-refractivity contribution is 0.0707. The Morgan fingerprint density at radius 2 is 1.88 bits per heavy atom. The van der Waals surface area contributed by atoms with Gasteiger partial charge in [0, 0.05) is 19.5 Å². The van der Waals surface area contributed by atoms with Crippen molar-refractivity contribution >= 4 is 42.1 Å². The van der Waals surface area contributed by atoms with Crippen molar-refractivity contribution < 1.29 is 9.18 Å². The van der Waals surface area contributed by atoms with E-state index >= 15 is 0 Å². The van der Waals surface area contributed by atoms with Gasteiger partial charge >= 0.3 is 0 Å². The Balaban J connectivity index is 0.00000169. The number of halogens is 3. The molecule has 1 aromatic heterocycles. The van der Waals surface area contributed by atoms with E-state index in [-0.39, 0.29) is 36.5 Å². The van der Waals surface area contributed by atoms with Gasteiger partial charge in [-0.2, -0.15) is 0 Å². The number of carbonyl (C=O) groups is 1. The summed E-state index contributed by atoms with van der Waals surface area (Å²) in [5.41, 5.74) is 1.78. The Morgan fingerprint density at radius 1 is 1.27 bits per heavy atom. The Morgan fingerprint density at radius 3 is 2.50 bits per heavy atom. The zero-order chi connectivity index (χ0) is 17.1. The van der Waals surface area contributed by atoms with Gasteiger partial charge in [0.1, 0.15) is 10.7 Å². The average molecular weight is 420 g/mol. The van der Waals surface area contributed by atoms with Gasteiger partial charge in [0.15, 0.2) is 0 Å². The van der Waals surface area contributed by atoms with E-state index < -0.39 is 0 Å². The number of thiazole rings is 1. The highest BCUT2D eigenvalue weighted by Crippen LogP contribution is 2.24. The predicted octanol–water partition coefficient (Wildman–Crippen LogP) is 3.85. The van der Waals surface area contributed by atoms with Crippen molar-refractivity contribution in [3.05, 3.63) is 51.2 Å². The summed E-state index contributed by atoms with van der Waals surface area (Å²) in [5.74, 6) is -0.184. The van der Waals surface area contributed by atoms with Gasteiger partial charge in [0.2, 0.25) is 0 Å². The molecule has 4 nitrogen and oxygen atoms in total. The molecule has 26 heavy (non-hydrogen) atoms. The minimum atomic E-state index is -0.242. The van der Waals surface area contributed by atoms with Gasteiger partial charge in [0.05, 0.1) is 10.7 Å². The molecular weight excluding hydrogens is 396 g/mol. The lowest BCUT2D eigenvalue weighted by Gasteiger charge is -2.31. The summed E-state index contributed by atoms with van der Waals surface area (Å²) in [6.07, 6.45) is 2.60. The van der Waals surface area contributed by atoms with E-state index in [1.165, 1.54) is 23.5 Å². The van der Waals surface area contributed by atoms with Crippen LogP contribution < -0.4 is 5.32 Å². The standard InChI is InChI=1S/C18H22FN3OS.2ClH/c1-12-17(18(23)22(2)15-7-9-20-10-8-15)24-16(21-12)11-13-3-5-14(19)6-4-13;;/h3-6,15,20H,7-11H2,1-2H3;2*1H. The van der Waals surface area contributed by atoms with Crippen molar-refractivity contribution in [2.24, 2.45) is 0 Å². The maximum atomic E-state index is 13.0. The SMILES string of the molecule is Cc1nc(Cc2ccc(F)cc2)sc1C(=O)N(C)C1CCNCC1.Cl.Cl. The molecule has 1 aromatic carbocycles. The molecule has 0 bridgehead atoms. The lowest BCUT2D eigenvalue weighted by Crippen LogP contribution is -2.43. The van der Waals surface area contributed by atoms with Crippen LogP contribution in [0.15, 0.2) is 24.3 Å². The molecule has 1 fully saturated rings. The van der Waals surface area contributed by atoms with Crippen LogP contribution in [0.4, 0.5) is 4.39 Å². The fourth-order valence-corrected chi connectivity index (χ4v) is 4.10. The molecule has 2 heterocycles. The molecule has 2 aromatic rings. The number of carbonyl (C=O) groups excluding carboxylic acids is 1. The fraction of sp³-hybridized carbons (Fsp3) is 0.444. The lowest BCUT2D eigenvalue weighted by atomic mass is 10.1. The van der Waals surface area contributed by atoms with Crippen LogP contribution >= 0.6 is 36.2 Å². The number of benzene rings is 1. The van der Waals surface area contributed by atoms with E-state index in [1.807, 2.05) is 18.9 Å². The van der Waals surface area contributed by atoms with Gasteiger partial charge in [-0.3, -0.25) is 4.79 Å². The van der Waals surface area contributed by atoms with Crippen molar-refractivity contribution in [2.75, 3.05) is 20.1 Å². The van der Waals surface area contributed by atoms with E-state index in [9.17, 15) is 9.18 Å². The molecule has 1 aliphatic heterocycles. The molecule has 0 saturated carbocycles. The molecule has 1 N–H and O–H groups in total. The summed E-state index contributed by atoms with van der Waals surface area (Å²) in [6, 6.07) is 6.71. The first-order valence-electron chi connectivity index (χ1n) is 8.23. The van der Waals surface area contributed by atoms with Gasteiger partial charge in [0.25, 0.3) is 5.91 Å². The molecule has 144 valence electrons. The van der Waals surface area contributed by atoms with E-state index in [4.69, 9.17) is 0 Å². The Kier molecular flexibility index (Phi) is 8.96. The van der Waals surface area contributed by atoms with Crippen LogP contribution in [-0.2, 0) is 6.42 Å². The maximum absolute atomic E-state index is 13.0. The number of amides is 1. The Bertz CT molecular complexity index is 718. The fourth-order valence-electron chi connectivity index (χ4n) is 3.02. The molecule has 1 aliphatic rings. The van der Waals surface area contributed by atoms with Crippen LogP contribution in [0.3, 0.4) is 0 Å². The molecule has 3 rings (SSSR count). The van der Waals surface area contributed by atoms with Crippen LogP contribution in [0.2, 0.25) is 0 Å². The van der Waals surface area contributed by atoms with Crippen LogP contribution in [-0.4, -0.2) is 42.0 Å². The summed E-state index contributed by atoms with van der Waals surface area (Å²) in [7, 11) is 1.89. The molecule has 0 radical (unpaired) electrons. The third kappa shape index (κ3) is 5.39. The van der Waals surface area contributed by atoms with Crippen LogP contribution in [0.5, 0.6) is 0 Å². The molecule has 0 spiro atoms. The minimum absolute atomic E-state index is 0. The third-order valence-corrected chi connectivity index (χ3v) is 5.63. The smallest absolute Gasteiger partial charge is 0.265 e. The second-order valence-corrected chi connectivity index (χ2v) is 7.31. The van der Waals surface area contributed by atoms with Crippen molar-refractivity contribution in [2.45, 2.75) is 32.2 Å². The molecule has 1 saturated heterocycles. The Labute approximate surface area is 170 Å². The van der Waals surface area contributed by atoms with Gasteiger partial charge in [-0.25, -0.2) is 9.37 Å². The second kappa shape index (κ2) is 10.2. The molecular formula is C18H24Cl2FN3OS. The van der Waals surface area contributed by atoms with Crippen LogP contribution in [0.1, 0.15) is 38.8 Å². The molecule has 1 amide bonds. The van der Waals surface area contributed by atoms with Crippen molar-refractivity contribution in [3.8, 4) is 0 Å². The summed E-state index contributed by atoms with van der Waals surface area (Å²) < 4.78 is 13.0. The first-order valence-corrected chi connectivity index (χ1v) is 9.05. The van der Waals surface area contributed by atoms with E-state index in [1.54, 1.807) is 12.1 Å². The zero-order valence-electron chi connectivity index (χ0n) is 14.8. The van der Waals surface area contributed by atoms with Crippen LogP contribution in [0, 0.1) is 12.7 Å². The molecule has 0 aliphatic carbocycles. The van der Waals surface area contributed by atoms with Gasteiger partial charge < -0.3 is 10.2 Å². The quantitative estimate of drug-likeness (QED) is 0.818. The third-order valence-electron chi connectivity index (χ3n) is 4.48. The number of aryl methyl sites for hydroxylation is 1. The monoisotopic (exact) mass is 419 g/mol. The number of rotatable bonds is 4. The van der Waals surface area contributed by atoms with E-state index in [0.29, 0.717) is 17.3 Å². The number of nitrogens with zero attached hydrogens (tertiary/aromatic N) is 2. The highest BCUT2D eigenvalue weighted by molar-refractivity contribution is 7.13. The average Bonchev–Trinajstić information content (AvgIpc) is 2.96. The first-order chi connectivity index (χ1) is 11.5. The predicted molar refractivity (Wildman–Crippen MR) is 109 cm³/mol. The minimum Gasteiger partial charge on any atom is -0.338 e. The number of piperidine rings is 1. The Hall–Kier alpha value is -1.21. The first kappa shape index (κ1) is 22.8. The van der Waals surface area contributed by atoms with Crippen molar-refractivity contribution in [3.63, 3.8) is 0 Å². The van der Waals surface area contributed by atoms with Gasteiger partial charge in [-0.15, -0.1) is 36.2 Å². The zero-order valence-corrected chi connectivity index (χ0v) is 17.3. The molecule has 0 atom stereocenters. The van der Waals surface area contributed by atoms with Crippen molar-refractivity contribution in [1.29, 1.82) is 0 Å². The number of hydrogen-bond acceptors (Lipinski definition) is 4. The summed E-state index contributed by atoms with van der Waals surface area (Å²) in [5, 5.41) is 4.21. The van der Waals surface area contributed by atoms with E-state index in [2.05, 4.69) is 10.3 Å².